The SMILES string of the molecule is Cc1ccc(Cn2c(NN=Cc3ccc(F)cc3)nc3c2c(=O)[nH]c(=O)n3C)cc1. The van der Waals surface area contributed by atoms with E-state index in [-0.39, 0.29) is 17.0 Å². The molecular weight excluding hydrogens is 387 g/mol. The number of imidazole rings is 1. The van der Waals surface area contributed by atoms with Gasteiger partial charge in [0, 0.05) is 7.05 Å². The molecule has 0 saturated heterocycles. The normalized spacial score (nSPS) is 11.4. The second kappa shape index (κ2) is 7.78. The number of fused-ring (bicyclic) bond motifs is 1. The van der Waals surface area contributed by atoms with E-state index in [0.717, 1.165) is 11.1 Å². The third-order valence-electron chi connectivity index (χ3n) is 4.72. The highest BCUT2D eigenvalue weighted by Gasteiger charge is 2.17. The minimum atomic E-state index is -0.547. The van der Waals surface area contributed by atoms with Crippen molar-refractivity contribution in [1.29, 1.82) is 0 Å². The highest BCUT2D eigenvalue weighted by atomic mass is 19.1. The zero-order valence-corrected chi connectivity index (χ0v) is 16.4. The van der Waals surface area contributed by atoms with E-state index in [0.29, 0.717) is 18.1 Å². The van der Waals surface area contributed by atoms with Crippen molar-refractivity contribution in [2.75, 3.05) is 5.43 Å². The Kier molecular flexibility index (Phi) is 5.01. The fraction of sp³-hybridized carbons (Fsp3) is 0.143. The number of aryl methyl sites for hydroxylation is 2. The topological polar surface area (TPSA) is 97.1 Å². The van der Waals surface area contributed by atoms with Gasteiger partial charge < -0.3 is 0 Å². The summed E-state index contributed by atoms with van der Waals surface area (Å²) in [6, 6.07) is 13.7. The number of rotatable bonds is 5. The molecule has 0 unspecified atom stereocenters. The van der Waals surface area contributed by atoms with Crippen LogP contribution in [-0.4, -0.2) is 25.3 Å². The van der Waals surface area contributed by atoms with E-state index < -0.39 is 11.2 Å². The summed E-state index contributed by atoms with van der Waals surface area (Å²) in [6.07, 6.45) is 1.51. The maximum Gasteiger partial charge on any atom is 0.329 e. The Labute approximate surface area is 170 Å². The van der Waals surface area contributed by atoms with E-state index in [4.69, 9.17) is 0 Å². The largest absolute Gasteiger partial charge is 0.329 e. The van der Waals surface area contributed by atoms with Crippen molar-refractivity contribution in [3.8, 4) is 0 Å². The first kappa shape index (κ1) is 19.3. The van der Waals surface area contributed by atoms with Crippen LogP contribution in [0.15, 0.2) is 63.2 Å². The minimum absolute atomic E-state index is 0.246. The number of nitrogens with zero attached hydrogens (tertiary/aromatic N) is 4. The number of aromatic nitrogens is 4. The molecule has 0 fully saturated rings. The van der Waals surface area contributed by atoms with Crippen molar-refractivity contribution >= 4 is 23.3 Å². The lowest BCUT2D eigenvalue weighted by atomic mass is 10.1. The van der Waals surface area contributed by atoms with Crippen LogP contribution >= 0.6 is 0 Å². The average molecular weight is 406 g/mol. The maximum absolute atomic E-state index is 13.1. The molecule has 0 aliphatic heterocycles. The summed E-state index contributed by atoms with van der Waals surface area (Å²) in [5.74, 6) is -0.0317. The van der Waals surface area contributed by atoms with Gasteiger partial charge in [-0.15, -0.1) is 0 Å². The van der Waals surface area contributed by atoms with Gasteiger partial charge in [0.25, 0.3) is 5.56 Å². The number of anilines is 1. The van der Waals surface area contributed by atoms with Crippen LogP contribution in [0.3, 0.4) is 0 Å². The van der Waals surface area contributed by atoms with Gasteiger partial charge in [-0.1, -0.05) is 42.0 Å². The second-order valence-corrected chi connectivity index (χ2v) is 6.92. The van der Waals surface area contributed by atoms with E-state index in [1.54, 1.807) is 16.7 Å². The Balaban J connectivity index is 1.77. The van der Waals surface area contributed by atoms with Crippen LogP contribution in [-0.2, 0) is 13.6 Å². The average Bonchev–Trinajstić information content (AvgIpc) is 3.08. The lowest BCUT2D eigenvalue weighted by Gasteiger charge is -2.08. The number of halogens is 1. The Morgan fingerprint density at radius 3 is 2.53 bits per heavy atom. The molecule has 2 aromatic carbocycles. The number of hydrogen-bond acceptors (Lipinski definition) is 5. The molecule has 9 heteroatoms. The molecular formula is C21H19FN6O2. The molecule has 0 atom stereocenters. The summed E-state index contributed by atoms with van der Waals surface area (Å²) in [6.45, 7) is 2.35. The molecule has 2 aromatic heterocycles. The van der Waals surface area contributed by atoms with E-state index in [1.807, 2.05) is 31.2 Å². The van der Waals surface area contributed by atoms with Crippen molar-refractivity contribution in [1.82, 2.24) is 19.1 Å². The number of H-pyrrole nitrogens is 1. The quantitative estimate of drug-likeness (QED) is 0.393. The van der Waals surface area contributed by atoms with E-state index in [1.165, 1.54) is 30.0 Å². The van der Waals surface area contributed by atoms with Gasteiger partial charge in [0.2, 0.25) is 5.95 Å². The fourth-order valence-corrected chi connectivity index (χ4v) is 3.06. The van der Waals surface area contributed by atoms with E-state index in [2.05, 4.69) is 20.5 Å². The van der Waals surface area contributed by atoms with Crippen LogP contribution in [0.1, 0.15) is 16.7 Å². The summed E-state index contributed by atoms with van der Waals surface area (Å²) < 4.78 is 16.0. The Bertz CT molecular complexity index is 1350. The molecule has 4 aromatic rings. The summed E-state index contributed by atoms with van der Waals surface area (Å²) in [7, 11) is 1.54. The van der Waals surface area contributed by atoms with Gasteiger partial charge in [-0.2, -0.15) is 10.1 Å². The van der Waals surface area contributed by atoms with Gasteiger partial charge in [-0.05, 0) is 30.2 Å². The molecule has 0 radical (unpaired) electrons. The lowest BCUT2D eigenvalue weighted by molar-refractivity contribution is 0.628. The third kappa shape index (κ3) is 3.77. The van der Waals surface area contributed by atoms with Gasteiger partial charge in [-0.3, -0.25) is 18.9 Å². The molecule has 0 amide bonds. The van der Waals surface area contributed by atoms with Crippen molar-refractivity contribution in [2.45, 2.75) is 13.5 Å². The molecule has 152 valence electrons. The first-order valence-corrected chi connectivity index (χ1v) is 9.22. The Morgan fingerprint density at radius 1 is 1.13 bits per heavy atom. The number of aromatic amines is 1. The van der Waals surface area contributed by atoms with Crippen LogP contribution < -0.4 is 16.7 Å². The molecule has 0 bridgehead atoms. The van der Waals surface area contributed by atoms with Crippen LogP contribution in [0.25, 0.3) is 11.2 Å². The highest BCUT2D eigenvalue weighted by Crippen LogP contribution is 2.18. The number of nitrogens with one attached hydrogen (secondary N) is 2. The molecule has 0 aliphatic carbocycles. The molecule has 0 spiro atoms. The highest BCUT2D eigenvalue weighted by molar-refractivity contribution is 5.80. The van der Waals surface area contributed by atoms with E-state index in [9.17, 15) is 14.0 Å². The maximum atomic E-state index is 13.1. The summed E-state index contributed by atoms with van der Waals surface area (Å²) in [5, 5.41) is 4.15. The van der Waals surface area contributed by atoms with Crippen LogP contribution in [0.5, 0.6) is 0 Å². The molecule has 30 heavy (non-hydrogen) atoms. The van der Waals surface area contributed by atoms with Gasteiger partial charge >= 0.3 is 5.69 Å². The lowest BCUT2D eigenvalue weighted by Crippen LogP contribution is -2.29. The third-order valence-corrected chi connectivity index (χ3v) is 4.72. The van der Waals surface area contributed by atoms with Gasteiger partial charge in [0.15, 0.2) is 11.2 Å². The van der Waals surface area contributed by atoms with Crippen molar-refractivity contribution in [2.24, 2.45) is 12.1 Å². The van der Waals surface area contributed by atoms with Gasteiger partial charge in [-0.25, -0.2) is 14.6 Å². The van der Waals surface area contributed by atoms with Gasteiger partial charge in [0.05, 0.1) is 12.8 Å². The molecule has 2 heterocycles. The van der Waals surface area contributed by atoms with Crippen LogP contribution in [0.4, 0.5) is 10.3 Å². The molecule has 0 saturated carbocycles. The van der Waals surface area contributed by atoms with Crippen molar-refractivity contribution in [3.05, 3.63) is 91.9 Å². The summed E-state index contributed by atoms with van der Waals surface area (Å²) >= 11 is 0. The standard InChI is InChI=1S/C21H19FN6O2/c1-13-3-5-15(6-4-13)12-28-17-18(27(2)21(30)25-19(17)29)24-20(28)26-23-11-14-7-9-16(22)10-8-14/h3-11H,12H2,1-2H3,(H,24,26)(H,25,29,30). The minimum Gasteiger partial charge on any atom is -0.298 e. The zero-order chi connectivity index (χ0) is 21.3. The first-order valence-electron chi connectivity index (χ1n) is 9.22. The molecule has 4 rings (SSSR count). The number of hydrogen-bond donors (Lipinski definition) is 2. The van der Waals surface area contributed by atoms with Crippen molar-refractivity contribution in [3.63, 3.8) is 0 Å². The predicted molar refractivity (Wildman–Crippen MR) is 113 cm³/mol. The second-order valence-electron chi connectivity index (χ2n) is 6.92. The van der Waals surface area contributed by atoms with Crippen molar-refractivity contribution < 1.29 is 4.39 Å². The van der Waals surface area contributed by atoms with Crippen LogP contribution in [0, 0.1) is 12.7 Å². The smallest absolute Gasteiger partial charge is 0.298 e. The predicted octanol–water partition coefficient (Wildman–Crippen LogP) is 2.37. The first-order chi connectivity index (χ1) is 14.4. The monoisotopic (exact) mass is 406 g/mol. The molecule has 2 N–H and O–H groups in total. The molecule has 0 aliphatic rings. The summed E-state index contributed by atoms with van der Waals surface area (Å²) in [4.78, 5) is 31.2. The Hall–Kier alpha value is -4.01. The van der Waals surface area contributed by atoms with Crippen LogP contribution in [0.2, 0.25) is 0 Å². The molecule has 8 nitrogen and oxygen atoms in total. The number of benzene rings is 2. The van der Waals surface area contributed by atoms with E-state index >= 15 is 0 Å². The number of hydrazone groups is 1. The van der Waals surface area contributed by atoms with Gasteiger partial charge in [0.1, 0.15) is 5.82 Å². The summed E-state index contributed by atoms with van der Waals surface area (Å²) in [5.41, 5.74) is 5.03. The fourth-order valence-electron chi connectivity index (χ4n) is 3.06. The zero-order valence-electron chi connectivity index (χ0n) is 16.4. The Morgan fingerprint density at radius 2 is 1.83 bits per heavy atom.